The summed E-state index contributed by atoms with van der Waals surface area (Å²) in [6.07, 6.45) is 6.97. The zero-order chi connectivity index (χ0) is 11.0. The summed E-state index contributed by atoms with van der Waals surface area (Å²) in [7, 11) is 0. The fraction of sp³-hybridized carbons (Fsp3) is 0.583. The molecule has 1 N–H and O–H groups in total. The van der Waals surface area contributed by atoms with Crippen molar-refractivity contribution in [3.05, 3.63) is 22.8 Å². The van der Waals surface area contributed by atoms with Crippen molar-refractivity contribution in [2.24, 2.45) is 0 Å². The van der Waals surface area contributed by atoms with Gasteiger partial charge in [-0.1, -0.05) is 0 Å². The lowest BCUT2D eigenvalue weighted by Gasteiger charge is -2.29. The molecule has 2 unspecified atom stereocenters. The number of pyridine rings is 1. The molecule has 1 aromatic rings. The van der Waals surface area contributed by atoms with Crippen molar-refractivity contribution < 1.29 is 4.74 Å². The van der Waals surface area contributed by atoms with E-state index in [4.69, 9.17) is 4.74 Å². The van der Waals surface area contributed by atoms with Crippen molar-refractivity contribution in [1.29, 1.82) is 0 Å². The molecule has 0 aromatic carbocycles. The smallest absolute Gasteiger partial charge is 0.213 e. The van der Waals surface area contributed by atoms with Crippen molar-refractivity contribution in [2.75, 3.05) is 0 Å². The summed E-state index contributed by atoms with van der Waals surface area (Å²) in [5, 5.41) is 3.61. The normalized spacial score (nSPS) is 32.7. The Morgan fingerprint density at radius 2 is 2.00 bits per heavy atom. The van der Waals surface area contributed by atoms with Crippen LogP contribution in [-0.2, 0) is 0 Å². The van der Waals surface area contributed by atoms with Crippen molar-refractivity contribution in [1.82, 2.24) is 10.3 Å². The molecular weight excluding hydrogens is 268 g/mol. The second-order valence-corrected chi connectivity index (χ2v) is 5.58. The van der Waals surface area contributed by atoms with Crippen LogP contribution >= 0.6 is 15.9 Å². The number of aromatic nitrogens is 1. The van der Waals surface area contributed by atoms with Crippen molar-refractivity contribution >= 4 is 15.9 Å². The summed E-state index contributed by atoms with van der Waals surface area (Å²) >= 11 is 3.37. The van der Waals surface area contributed by atoms with Gasteiger partial charge in [-0.2, -0.15) is 0 Å². The first kappa shape index (κ1) is 10.5. The van der Waals surface area contributed by atoms with Gasteiger partial charge in [-0.05, 0) is 47.7 Å². The van der Waals surface area contributed by atoms with Crippen molar-refractivity contribution in [3.63, 3.8) is 0 Å². The van der Waals surface area contributed by atoms with E-state index in [1.54, 1.807) is 6.20 Å². The molecule has 1 aromatic heterocycles. The zero-order valence-electron chi connectivity index (χ0n) is 9.03. The highest BCUT2D eigenvalue weighted by atomic mass is 79.9. The van der Waals surface area contributed by atoms with Crippen molar-refractivity contribution in [3.8, 4) is 5.88 Å². The molecule has 0 radical (unpaired) electrons. The molecule has 0 aliphatic carbocycles. The van der Waals surface area contributed by atoms with E-state index in [9.17, 15) is 0 Å². The van der Waals surface area contributed by atoms with Crippen LogP contribution in [0, 0.1) is 0 Å². The molecule has 2 atom stereocenters. The molecule has 3 heterocycles. The zero-order valence-corrected chi connectivity index (χ0v) is 10.6. The third kappa shape index (κ3) is 2.23. The number of nitrogens with one attached hydrogen (secondary N) is 1. The molecule has 2 aliphatic heterocycles. The second-order valence-electron chi connectivity index (χ2n) is 4.66. The topological polar surface area (TPSA) is 34.1 Å². The highest BCUT2D eigenvalue weighted by Gasteiger charge is 2.34. The number of hydrogen-bond donors (Lipinski definition) is 1. The Bertz CT molecular complexity index is 356. The lowest BCUT2D eigenvalue weighted by Crippen LogP contribution is -2.42. The van der Waals surface area contributed by atoms with Crippen LogP contribution in [0.5, 0.6) is 5.88 Å². The highest BCUT2D eigenvalue weighted by molar-refractivity contribution is 9.10. The van der Waals surface area contributed by atoms with Gasteiger partial charge in [0, 0.05) is 28.8 Å². The van der Waals surface area contributed by atoms with Gasteiger partial charge in [-0.15, -0.1) is 0 Å². The summed E-state index contributed by atoms with van der Waals surface area (Å²) in [6.45, 7) is 0. The van der Waals surface area contributed by atoms with E-state index in [1.807, 2.05) is 12.1 Å². The van der Waals surface area contributed by atoms with Crippen LogP contribution in [-0.4, -0.2) is 23.2 Å². The van der Waals surface area contributed by atoms with Gasteiger partial charge in [0.1, 0.15) is 6.10 Å². The molecule has 0 saturated carbocycles. The van der Waals surface area contributed by atoms with Crippen molar-refractivity contribution in [2.45, 2.75) is 43.9 Å². The molecule has 0 spiro atoms. The summed E-state index contributed by atoms with van der Waals surface area (Å²) in [4.78, 5) is 4.25. The van der Waals surface area contributed by atoms with E-state index in [1.165, 1.54) is 12.8 Å². The molecular formula is C12H15BrN2O. The van der Waals surface area contributed by atoms with E-state index in [-0.39, 0.29) is 0 Å². The lowest BCUT2D eigenvalue weighted by molar-refractivity contribution is 0.132. The first-order valence-electron chi connectivity index (χ1n) is 5.84. The van der Waals surface area contributed by atoms with E-state index >= 15 is 0 Å². The van der Waals surface area contributed by atoms with Crippen LogP contribution in [0.1, 0.15) is 25.7 Å². The monoisotopic (exact) mass is 282 g/mol. The molecule has 3 nitrogen and oxygen atoms in total. The fourth-order valence-corrected chi connectivity index (χ4v) is 2.94. The van der Waals surface area contributed by atoms with Crippen LogP contribution in [0.3, 0.4) is 0 Å². The van der Waals surface area contributed by atoms with Crippen LogP contribution in [0.4, 0.5) is 0 Å². The number of ether oxygens (including phenoxy) is 1. The minimum atomic E-state index is 0.340. The molecule has 4 heteroatoms. The number of nitrogens with zero attached hydrogens (tertiary/aromatic N) is 1. The quantitative estimate of drug-likeness (QED) is 0.905. The van der Waals surface area contributed by atoms with E-state index in [2.05, 4.69) is 26.2 Å². The summed E-state index contributed by atoms with van der Waals surface area (Å²) in [5.74, 6) is 0.745. The van der Waals surface area contributed by atoms with Gasteiger partial charge in [-0.25, -0.2) is 4.98 Å². The van der Waals surface area contributed by atoms with Gasteiger partial charge in [0.15, 0.2) is 0 Å². The first-order chi connectivity index (χ1) is 7.79. The summed E-state index contributed by atoms with van der Waals surface area (Å²) < 4.78 is 6.91. The number of fused-ring (bicyclic) bond motifs is 2. The average molecular weight is 283 g/mol. The maximum Gasteiger partial charge on any atom is 0.213 e. The molecule has 2 fully saturated rings. The van der Waals surface area contributed by atoms with E-state index < -0.39 is 0 Å². The third-order valence-corrected chi connectivity index (χ3v) is 3.89. The van der Waals surface area contributed by atoms with Gasteiger partial charge in [0.2, 0.25) is 5.88 Å². The largest absolute Gasteiger partial charge is 0.474 e. The Morgan fingerprint density at radius 1 is 1.25 bits per heavy atom. The molecule has 86 valence electrons. The van der Waals surface area contributed by atoms with Gasteiger partial charge in [0.05, 0.1) is 0 Å². The minimum absolute atomic E-state index is 0.340. The average Bonchev–Trinajstić information content (AvgIpc) is 2.62. The Labute approximate surface area is 104 Å². The Balaban J connectivity index is 1.64. The Morgan fingerprint density at radius 3 is 2.62 bits per heavy atom. The number of hydrogen-bond acceptors (Lipinski definition) is 3. The molecule has 0 amide bonds. The third-order valence-electron chi connectivity index (χ3n) is 3.42. The lowest BCUT2D eigenvalue weighted by atomic mass is 10.0. The highest BCUT2D eigenvalue weighted by Crippen LogP contribution is 2.29. The van der Waals surface area contributed by atoms with Crippen LogP contribution < -0.4 is 10.1 Å². The molecule has 2 saturated heterocycles. The Kier molecular flexibility index (Phi) is 2.86. The summed E-state index contributed by atoms with van der Waals surface area (Å²) in [5.41, 5.74) is 0. The standard InChI is InChI=1S/C12H15BrN2O/c13-8-1-4-12(14-7-8)16-11-5-9-2-3-10(6-11)15-9/h1,4,7,9-11,15H,2-3,5-6H2. The maximum absolute atomic E-state index is 5.92. The minimum Gasteiger partial charge on any atom is -0.474 e. The van der Waals surface area contributed by atoms with Gasteiger partial charge < -0.3 is 10.1 Å². The van der Waals surface area contributed by atoms with Crippen LogP contribution in [0.25, 0.3) is 0 Å². The second kappa shape index (κ2) is 4.34. The first-order valence-corrected chi connectivity index (χ1v) is 6.63. The van der Waals surface area contributed by atoms with Gasteiger partial charge in [-0.3, -0.25) is 0 Å². The van der Waals surface area contributed by atoms with Crippen LogP contribution in [0.15, 0.2) is 22.8 Å². The molecule has 2 bridgehead atoms. The van der Waals surface area contributed by atoms with E-state index in [0.29, 0.717) is 18.2 Å². The predicted octanol–water partition coefficient (Wildman–Crippen LogP) is 2.51. The number of halogens is 1. The Hall–Kier alpha value is -0.610. The van der Waals surface area contributed by atoms with E-state index in [0.717, 1.165) is 23.2 Å². The fourth-order valence-electron chi connectivity index (χ4n) is 2.70. The SMILES string of the molecule is Brc1ccc(OC2CC3CCC(C2)N3)nc1. The van der Waals surface area contributed by atoms with Gasteiger partial charge in [0.25, 0.3) is 0 Å². The van der Waals surface area contributed by atoms with Crippen LogP contribution in [0.2, 0.25) is 0 Å². The van der Waals surface area contributed by atoms with Gasteiger partial charge >= 0.3 is 0 Å². The molecule has 16 heavy (non-hydrogen) atoms. The number of rotatable bonds is 2. The number of piperidine rings is 1. The summed E-state index contributed by atoms with van der Waals surface area (Å²) in [6, 6.07) is 5.23. The molecule has 3 rings (SSSR count). The predicted molar refractivity (Wildman–Crippen MR) is 65.5 cm³/mol. The maximum atomic E-state index is 5.92. The molecule has 2 aliphatic rings.